The molecule has 1 heteroatoms. The van der Waals surface area contributed by atoms with Gasteiger partial charge in [-0.2, -0.15) is 0 Å². The summed E-state index contributed by atoms with van der Waals surface area (Å²) in [5, 5.41) is 0. The van der Waals surface area contributed by atoms with Gasteiger partial charge < -0.3 is 5.73 Å². The molecule has 0 bridgehead atoms. The summed E-state index contributed by atoms with van der Waals surface area (Å²) in [7, 11) is 0. The molecular formula is C10H17N. The molecule has 0 aromatic rings. The second-order valence-corrected chi connectivity index (χ2v) is 4.12. The van der Waals surface area contributed by atoms with Gasteiger partial charge in [0.2, 0.25) is 0 Å². The van der Waals surface area contributed by atoms with Gasteiger partial charge in [-0.25, -0.2) is 0 Å². The van der Waals surface area contributed by atoms with Crippen molar-refractivity contribution in [3.63, 3.8) is 0 Å². The maximum absolute atomic E-state index is 6.18. The Morgan fingerprint density at radius 3 is 2.27 bits per heavy atom. The average Bonchev–Trinajstić information content (AvgIpc) is 2.81. The van der Waals surface area contributed by atoms with Gasteiger partial charge in [0, 0.05) is 11.0 Å². The lowest BCUT2D eigenvalue weighted by Crippen LogP contribution is -2.32. The van der Waals surface area contributed by atoms with E-state index < -0.39 is 0 Å². The van der Waals surface area contributed by atoms with Gasteiger partial charge in [0.25, 0.3) is 0 Å². The normalized spacial score (nSPS) is 30.7. The third-order valence-electron chi connectivity index (χ3n) is 3.24. The van der Waals surface area contributed by atoms with Crippen molar-refractivity contribution in [3.05, 3.63) is 12.2 Å². The molecule has 2 N–H and O–H groups in total. The number of rotatable bonds is 3. The average molecular weight is 151 g/mol. The molecule has 11 heavy (non-hydrogen) atoms. The summed E-state index contributed by atoms with van der Waals surface area (Å²) in [5.41, 5.74) is 6.84. The highest BCUT2D eigenvalue weighted by atomic mass is 14.9. The standard InChI is InChI=1S/C10H17N/c1-2-3-4-9(5-6-9)10(11)7-8-10/h3-4H,2,5-8,11H2,1H3/b4-3+. The molecule has 0 aromatic carbocycles. The number of hydrogen-bond donors (Lipinski definition) is 1. The molecule has 62 valence electrons. The first-order valence-electron chi connectivity index (χ1n) is 4.69. The van der Waals surface area contributed by atoms with Crippen LogP contribution in [0.5, 0.6) is 0 Å². The van der Waals surface area contributed by atoms with Crippen LogP contribution in [-0.2, 0) is 0 Å². The van der Waals surface area contributed by atoms with Crippen molar-refractivity contribution >= 4 is 0 Å². The minimum absolute atomic E-state index is 0.221. The Hall–Kier alpha value is -0.300. The van der Waals surface area contributed by atoms with Crippen molar-refractivity contribution in [1.29, 1.82) is 0 Å². The molecule has 2 fully saturated rings. The molecule has 2 rings (SSSR count). The molecule has 2 aliphatic carbocycles. The molecule has 2 aliphatic rings. The van der Waals surface area contributed by atoms with E-state index >= 15 is 0 Å². The monoisotopic (exact) mass is 151 g/mol. The summed E-state index contributed by atoms with van der Waals surface area (Å²) in [5.74, 6) is 0. The first-order chi connectivity index (χ1) is 5.22. The van der Waals surface area contributed by atoms with E-state index in [0.29, 0.717) is 5.41 Å². The molecule has 0 radical (unpaired) electrons. The highest BCUT2D eigenvalue weighted by Crippen LogP contribution is 2.63. The first-order valence-corrected chi connectivity index (χ1v) is 4.69. The van der Waals surface area contributed by atoms with Crippen LogP contribution in [0.25, 0.3) is 0 Å². The summed E-state index contributed by atoms with van der Waals surface area (Å²) >= 11 is 0. The summed E-state index contributed by atoms with van der Waals surface area (Å²) in [6.07, 6.45) is 11.0. The zero-order valence-electron chi connectivity index (χ0n) is 7.27. The van der Waals surface area contributed by atoms with Crippen LogP contribution in [0.4, 0.5) is 0 Å². The summed E-state index contributed by atoms with van der Waals surface area (Å²) in [6.45, 7) is 2.18. The maximum Gasteiger partial charge on any atom is 0.0247 e. The first kappa shape index (κ1) is 7.35. The lowest BCUT2D eigenvalue weighted by molar-refractivity contribution is 0.468. The van der Waals surface area contributed by atoms with Crippen LogP contribution in [0, 0.1) is 5.41 Å². The van der Waals surface area contributed by atoms with Crippen LogP contribution < -0.4 is 5.73 Å². The predicted molar refractivity (Wildman–Crippen MR) is 47.3 cm³/mol. The topological polar surface area (TPSA) is 26.0 Å². The Bertz CT molecular complexity index is 185. The van der Waals surface area contributed by atoms with E-state index in [1.807, 2.05) is 0 Å². The lowest BCUT2D eigenvalue weighted by Gasteiger charge is -2.17. The fourth-order valence-corrected chi connectivity index (χ4v) is 1.94. The van der Waals surface area contributed by atoms with Gasteiger partial charge in [-0.1, -0.05) is 19.1 Å². The fraction of sp³-hybridized carbons (Fsp3) is 0.800. The van der Waals surface area contributed by atoms with Gasteiger partial charge in [-0.15, -0.1) is 0 Å². The Morgan fingerprint density at radius 1 is 1.27 bits per heavy atom. The Labute approximate surface area is 68.7 Å². The van der Waals surface area contributed by atoms with E-state index in [0.717, 1.165) is 6.42 Å². The summed E-state index contributed by atoms with van der Waals surface area (Å²) in [6, 6.07) is 0. The zero-order valence-corrected chi connectivity index (χ0v) is 7.27. The molecule has 2 saturated carbocycles. The SMILES string of the molecule is CC/C=C/C1(C2(N)CC2)CC1. The minimum atomic E-state index is 0.221. The van der Waals surface area contributed by atoms with E-state index in [2.05, 4.69) is 19.1 Å². The highest BCUT2D eigenvalue weighted by molar-refractivity contribution is 5.26. The van der Waals surface area contributed by atoms with Crippen molar-refractivity contribution in [2.75, 3.05) is 0 Å². The molecular weight excluding hydrogens is 134 g/mol. The van der Waals surface area contributed by atoms with Crippen molar-refractivity contribution in [1.82, 2.24) is 0 Å². The molecule has 0 unspecified atom stereocenters. The second kappa shape index (κ2) is 2.10. The molecule has 0 aliphatic heterocycles. The highest BCUT2D eigenvalue weighted by Gasteiger charge is 2.61. The largest absolute Gasteiger partial charge is 0.324 e. The van der Waals surface area contributed by atoms with E-state index in [-0.39, 0.29) is 5.54 Å². The van der Waals surface area contributed by atoms with Gasteiger partial charge in [-0.05, 0) is 32.1 Å². The third kappa shape index (κ3) is 1.02. The van der Waals surface area contributed by atoms with Crippen LogP contribution in [0.2, 0.25) is 0 Å². The molecule has 0 heterocycles. The van der Waals surface area contributed by atoms with E-state index in [4.69, 9.17) is 5.73 Å². The predicted octanol–water partition coefficient (Wildman–Crippen LogP) is 2.22. The van der Waals surface area contributed by atoms with Crippen molar-refractivity contribution in [3.8, 4) is 0 Å². The van der Waals surface area contributed by atoms with Gasteiger partial charge in [-0.3, -0.25) is 0 Å². The van der Waals surface area contributed by atoms with Crippen molar-refractivity contribution < 1.29 is 0 Å². The Balaban J connectivity index is 2.05. The molecule has 0 amide bonds. The van der Waals surface area contributed by atoms with Gasteiger partial charge in [0.1, 0.15) is 0 Å². The van der Waals surface area contributed by atoms with Crippen LogP contribution in [-0.4, -0.2) is 5.54 Å². The number of nitrogens with two attached hydrogens (primary N) is 1. The van der Waals surface area contributed by atoms with Gasteiger partial charge in [0.05, 0.1) is 0 Å². The fourth-order valence-electron chi connectivity index (χ4n) is 1.94. The van der Waals surface area contributed by atoms with Crippen LogP contribution >= 0.6 is 0 Å². The zero-order chi connectivity index (χ0) is 7.95. The van der Waals surface area contributed by atoms with E-state index in [1.165, 1.54) is 25.7 Å². The quantitative estimate of drug-likeness (QED) is 0.615. The number of hydrogen-bond acceptors (Lipinski definition) is 1. The summed E-state index contributed by atoms with van der Waals surface area (Å²) < 4.78 is 0. The maximum atomic E-state index is 6.18. The summed E-state index contributed by atoms with van der Waals surface area (Å²) in [4.78, 5) is 0. The lowest BCUT2D eigenvalue weighted by atomic mass is 9.94. The smallest absolute Gasteiger partial charge is 0.0247 e. The molecule has 1 nitrogen and oxygen atoms in total. The van der Waals surface area contributed by atoms with E-state index in [9.17, 15) is 0 Å². The Kier molecular flexibility index (Phi) is 1.40. The van der Waals surface area contributed by atoms with Gasteiger partial charge in [0.15, 0.2) is 0 Å². The minimum Gasteiger partial charge on any atom is -0.324 e. The van der Waals surface area contributed by atoms with E-state index in [1.54, 1.807) is 0 Å². The van der Waals surface area contributed by atoms with Crippen LogP contribution in [0.15, 0.2) is 12.2 Å². The molecule has 0 saturated heterocycles. The van der Waals surface area contributed by atoms with Crippen molar-refractivity contribution in [2.24, 2.45) is 11.1 Å². The van der Waals surface area contributed by atoms with Crippen LogP contribution in [0.3, 0.4) is 0 Å². The van der Waals surface area contributed by atoms with Crippen LogP contribution in [0.1, 0.15) is 39.0 Å². The van der Waals surface area contributed by atoms with Crippen molar-refractivity contribution in [2.45, 2.75) is 44.6 Å². The second-order valence-electron chi connectivity index (χ2n) is 4.12. The molecule has 0 atom stereocenters. The Morgan fingerprint density at radius 2 is 1.91 bits per heavy atom. The van der Waals surface area contributed by atoms with Gasteiger partial charge >= 0.3 is 0 Å². The number of allylic oxidation sites excluding steroid dienone is 1. The third-order valence-corrected chi connectivity index (χ3v) is 3.24. The molecule has 0 aromatic heterocycles. The molecule has 0 spiro atoms.